The molecule has 0 spiro atoms. The van der Waals surface area contributed by atoms with Crippen LogP contribution >= 0.6 is 11.3 Å². The van der Waals surface area contributed by atoms with Crippen LogP contribution in [0.25, 0.3) is 10.1 Å². The number of nitrogens with one attached hydrogen (secondary N) is 1. The molecule has 1 aliphatic rings. The third-order valence-corrected chi connectivity index (χ3v) is 5.60. The fourth-order valence-corrected chi connectivity index (χ4v) is 4.15. The average molecular weight is 340 g/mol. The normalized spacial score (nSPS) is 16.5. The molecule has 0 aliphatic carbocycles. The molecule has 1 saturated heterocycles. The lowest BCUT2D eigenvalue weighted by atomic mass is 10.1. The molecule has 3 aromatic rings. The Morgan fingerprint density at radius 3 is 2.88 bits per heavy atom. The number of hydrogen-bond donors (Lipinski definition) is 1. The number of hydrogen-bond acceptors (Lipinski definition) is 4. The van der Waals surface area contributed by atoms with Crippen molar-refractivity contribution in [2.75, 3.05) is 25.5 Å². The predicted molar refractivity (Wildman–Crippen MR) is 97.8 cm³/mol. The standard InChI is InChI=1S/C18H20N4OS/c1-21-9-6-13(7-10-21)22-11-8-17(20-22)19-18(23)15-12-24-16-5-3-2-4-14(15)16/h2-5,8,11-13H,6-7,9-10H2,1H3,(H,19,20,23). The van der Waals surface area contributed by atoms with Crippen molar-refractivity contribution in [3.8, 4) is 0 Å². The van der Waals surface area contributed by atoms with Crippen LogP contribution in [0.1, 0.15) is 29.2 Å². The van der Waals surface area contributed by atoms with Crippen LogP contribution in [0.4, 0.5) is 5.82 Å². The average Bonchev–Trinajstić information content (AvgIpc) is 3.22. The van der Waals surface area contributed by atoms with Crippen LogP contribution < -0.4 is 5.32 Å². The molecule has 3 heterocycles. The zero-order valence-corrected chi connectivity index (χ0v) is 14.4. The Labute approximate surface area is 144 Å². The Balaban J connectivity index is 1.48. The van der Waals surface area contributed by atoms with E-state index >= 15 is 0 Å². The molecular weight excluding hydrogens is 320 g/mol. The van der Waals surface area contributed by atoms with E-state index in [9.17, 15) is 4.79 Å². The summed E-state index contributed by atoms with van der Waals surface area (Å²) in [5.74, 6) is 0.523. The highest BCUT2D eigenvalue weighted by Gasteiger charge is 2.19. The number of piperidine rings is 1. The van der Waals surface area contributed by atoms with Gasteiger partial charge in [-0.3, -0.25) is 9.48 Å². The van der Waals surface area contributed by atoms with Gasteiger partial charge in [0.25, 0.3) is 5.91 Å². The van der Waals surface area contributed by atoms with Crippen LogP contribution in [-0.4, -0.2) is 40.7 Å². The van der Waals surface area contributed by atoms with Gasteiger partial charge in [0, 0.05) is 27.7 Å². The van der Waals surface area contributed by atoms with Gasteiger partial charge >= 0.3 is 0 Å². The van der Waals surface area contributed by atoms with Crippen LogP contribution in [0.3, 0.4) is 0 Å². The Morgan fingerprint density at radius 1 is 1.25 bits per heavy atom. The van der Waals surface area contributed by atoms with E-state index in [0.717, 1.165) is 36.0 Å². The first kappa shape index (κ1) is 15.4. The van der Waals surface area contributed by atoms with Crippen molar-refractivity contribution < 1.29 is 4.79 Å². The molecule has 24 heavy (non-hydrogen) atoms. The molecule has 0 atom stereocenters. The number of amides is 1. The molecule has 4 rings (SSSR count). The lowest BCUT2D eigenvalue weighted by Gasteiger charge is -2.28. The van der Waals surface area contributed by atoms with E-state index in [-0.39, 0.29) is 5.91 Å². The second-order valence-electron chi connectivity index (χ2n) is 6.32. The molecular formula is C18H20N4OS. The molecule has 0 radical (unpaired) electrons. The second kappa shape index (κ2) is 6.37. The Hall–Kier alpha value is -2.18. The molecule has 124 valence electrons. The van der Waals surface area contributed by atoms with Gasteiger partial charge in [-0.1, -0.05) is 18.2 Å². The topological polar surface area (TPSA) is 50.2 Å². The SMILES string of the molecule is CN1CCC(n2ccc(NC(=O)c3csc4ccccc34)n2)CC1. The molecule has 0 unspecified atom stereocenters. The zero-order chi connectivity index (χ0) is 16.5. The molecule has 1 aromatic carbocycles. The van der Waals surface area contributed by atoms with E-state index in [1.165, 1.54) is 0 Å². The van der Waals surface area contributed by atoms with E-state index in [1.54, 1.807) is 11.3 Å². The quantitative estimate of drug-likeness (QED) is 0.792. The first-order chi connectivity index (χ1) is 11.7. The molecule has 1 N–H and O–H groups in total. The summed E-state index contributed by atoms with van der Waals surface area (Å²) in [6, 6.07) is 10.3. The maximum atomic E-state index is 12.6. The van der Waals surface area contributed by atoms with E-state index in [4.69, 9.17) is 0 Å². The molecule has 0 saturated carbocycles. The molecule has 6 heteroatoms. The van der Waals surface area contributed by atoms with Gasteiger partial charge in [0.1, 0.15) is 0 Å². The summed E-state index contributed by atoms with van der Waals surface area (Å²) in [4.78, 5) is 14.9. The highest BCUT2D eigenvalue weighted by atomic mass is 32.1. The summed E-state index contributed by atoms with van der Waals surface area (Å²) in [7, 11) is 2.15. The zero-order valence-electron chi connectivity index (χ0n) is 13.6. The van der Waals surface area contributed by atoms with Crippen molar-refractivity contribution in [1.29, 1.82) is 0 Å². The van der Waals surface area contributed by atoms with Gasteiger partial charge in [-0.15, -0.1) is 11.3 Å². The number of nitrogens with zero attached hydrogens (tertiary/aromatic N) is 3. The van der Waals surface area contributed by atoms with Crippen molar-refractivity contribution in [3.63, 3.8) is 0 Å². The number of carbonyl (C=O) groups is 1. The van der Waals surface area contributed by atoms with Gasteiger partial charge in [0.05, 0.1) is 11.6 Å². The van der Waals surface area contributed by atoms with Gasteiger partial charge < -0.3 is 10.2 Å². The maximum absolute atomic E-state index is 12.6. The number of benzene rings is 1. The largest absolute Gasteiger partial charge is 0.306 e. The predicted octanol–water partition coefficient (Wildman–Crippen LogP) is 3.62. The molecule has 1 aliphatic heterocycles. The minimum Gasteiger partial charge on any atom is -0.306 e. The van der Waals surface area contributed by atoms with Gasteiger partial charge in [-0.25, -0.2) is 0 Å². The number of thiophene rings is 1. The number of likely N-dealkylation sites (tertiary alicyclic amines) is 1. The monoisotopic (exact) mass is 340 g/mol. The van der Waals surface area contributed by atoms with Crippen molar-refractivity contribution in [3.05, 3.63) is 47.5 Å². The second-order valence-corrected chi connectivity index (χ2v) is 7.23. The van der Waals surface area contributed by atoms with Crippen molar-refractivity contribution in [2.24, 2.45) is 0 Å². The van der Waals surface area contributed by atoms with Gasteiger partial charge in [0.2, 0.25) is 0 Å². The van der Waals surface area contributed by atoms with Crippen molar-refractivity contribution in [2.45, 2.75) is 18.9 Å². The fourth-order valence-electron chi connectivity index (χ4n) is 3.20. The third-order valence-electron chi connectivity index (χ3n) is 4.64. The molecule has 1 fully saturated rings. The number of fused-ring (bicyclic) bond motifs is 1. The first-order valence-corrected chi connectivity index (χ1v) is 9.10. The van der Waals surface area contributed by atoms with E-state index < -0.39 is 0 Å². The maximum Gasteiger partial charge on any atom is 0.258 e. The van der Waals surface area contributed by atoms with Crippen LogP contribution in [0.2, 0.25) is 0 Å². The van der Waals surface area contributed by atoms with Crippen molar-refractivity contribution >= 4 is 33.1 Å². The van der Waals surface area contributed by atoms with Crippen molar-refractivity contribution in [1.82, 2.24) is 14.7 Å². The highest BCUT2D eigenvalue weighted by molar-refractivity contribution is 7.17. The van der Waals surface area contributed by atoms with Gasteiger partial charge in [-0.2, -0.15) is 5.10 Å². The van der Waals surface area contributed by atoms with Gasteiger partial charge in [-0.05, 0) is 39.0 Å². The molecule has 2 aromatic heterocycles. The van der Waals surface area contributed by atoms with E-state index in [2.05, 4.69) is 22.4 Å². The number of aromatic nitrogens is 2. The first-order valence-electron chi connectivity index (χ1n) is 8.22. The summed E-state index contributed by atoms with van der Waals surface area (Å²) in [6.45, 7) is 2.18. The molecule has 5 nitrogen and oxygen atoms in total. The number of rotatable bonds is 3. The summed E-state index contributed by atoms with van der Waals surface area (Å²) in [5.41, 5.74) is 0.712. The van der Waals surface area contributed by atoms with Gasteiger partial charge in [0.15, 0.2) is 5.82 Å². The smallest absolute Gasteiger partial charge is 0.258 e. The van der Waals surface area contributed by atoms with E-state index in [1.807, 2.05) is 46.6 Å². The Kier molecular flexibility index (Phi) is 4.08. The lowest BCUT2D eigenvalue weighted by Crippen LogP contribution is -2.31. The summed E-state index contributed by atoms with van der Waals surface area (Å²) in [6.07, 6.45) is 4.17. The van der Waals surface area contributed by atoms with Crippen LogP contribution in [0, 0.1) is 0 Å². The number of carbonyl (C=O) groups excluding carboxylic acids is 1. The van der Waals surface area contributed by atoms with Crippen LogP contribution in [0.5, 0.6) is 0 Å². The summed E-state index contributed by atoms with van der Waals surface area (Å²) < 4.78 is 3.12. The summed E-state index contributed by atoms with van der Waals surface area (Å²) >= 11 is 1.59. The molecule has 0 bridgehead atoms. The fraction of sp³-hybridized carbons (Fsp3) is 0.333. The minimum absolute atomic E-state index is 0.0962. The third kappa shape index (κ3) is 2.95. The highest BCUT2D eigenvalue weighted by Crippen LogP contribution is 2.26. The lowest BCUT2D eigenvalue weighted by molar-refractivity contribution is 0.102. The Morgan fingerprint density at radius 2 is 2.04 bits per heavy atom. The van der Waals surface area contributed by atoms with Crippen LogP contribution in [-0.2, 0) is 0 Å². The van der Waals surface area contributed by atoms with Crippen LogP contribution in [0.15, 0.2) is 41.9 Å². The molecule has 1 amide bonds. The summed E-state index contributed by atoms with van der Waals surface area (Å²) in [5, 5.41) is 10.4. The number of anilines is 1. The minimum atomic E-state index is -0.0962. The Bertz CT molecular complexity index is 861. The van der Waals surface area contributed by atoms with E-state index in [0.29, 0.717) is 17.4 Å².